The molecule has 6 nitrogen and oxygen atoms in total. The Morgan fingerprint density at radius 2 is 0.270 bits per heavy atom. The lowest BCUT2D eigenvalue weighted by Crippen LogP contribution is -1.96. The van der Waals surface area contributed by atoms with Gasteiger partial charge < -0.3 is 27.4 Å². The summed E-state index contributed by atoms with van der Waals surface area (Å²) < 4.78 is 14.6. The summed E-state index contributed by atoms with van der Waals surface area (Å²) >= 11 is 0. The smallest absolute Gasteiger partial charge is 0.0562 e. The van der Waals surface area contributed by atoms with Gasteiger partial charge in [0.25, 0.3) is 0 Å². The molecule has 0 N–H and O–H groups in total. The Bertz CT molecular complexity index is 8790. The lowest BCUT2D eigenvalue weighted by atomic mass is 10.00. The number of para-hydroxylation sites is 6. The van der Waals surface area contributed by atoms with Crippen LogP contribution < -0.4 is 0 Å². The van der Waals surface area contributed by atoms with Crippen molar-refractivity contribution < 1.29 is 0 Å². The molecule has 26 aromatic rings. The number of aromatic nitrogens is 6. The fourth-order valence-electron chi connectivity index (χ4n) is 20.3. The van der Waals surface area contributed by atoms with Crippen molar-refractivity contribution in [2.75, 3.05) is 0 Å². The molecule has 6 aromatic heterocycles. The van der Waals surface area contributed by atoms with E-state index in [4.69, 9.17) is 0 Å². The number of hydrogen-bond donors (Lipinski definition) is 0. The lowest BCUT2D eigenvalue weighted by molar-refractivity contribution is 1.16. The molecule has 0 bridgehead atoms. The van der Waals surface area contributed by atoms with Crippen molar-refractivity contribution in [1.82, 2.24) is 27.4 Å². The average molecular weight is 1600 g/mol. The van der Waals surface area contributed by atoms with E-state index in [9.17, 15) is 0 Å². The molecule has 0 aliphatic heterocycles. The van der Waals surface area contributed by atoms with Gasteiger partial charge in [-0.3, -0.25) is 0 Å². The molecule has 6 heteroatoms. The Hall–Kier alpha value is -16.8. The molecule has 0 saturated carbocycles. The minimum atomic E-state index is 1.14. The summed E-state index contributed by atoms with van der Waals surface area (Å²) in [5.74, 6) is 0. The average Bonchev–Trinajstić information content (AvgIpc) is 1.56. The van der Waals surface area contributed by atoms with Gasteiger partial charge in [-0.05, 0) is 237 Å². The van der Waals surface area contributed by atoms with Crippen molar-refractivity contribution in [3.8, 4) is 101 Å². The minimum absolute atomic E-state index is 1.14. The maximum atomic E-state index is 2.47. The molecule has 0 fully saturated rings. The third-order valence-corrected chi connectivity index (χ3v) is 26.0. The van der Waals surface area contributed by atoms with Crippen molar-refractivity contribution in [3.63, 3.8) is 0 Å². The second-order valence-electron chi connectivity index (χ2n) is 33.1. The van der Waals surface area contributed by atoms with Gasteiger partial charge in [-0.15, -0.1) is 0 Å². The standard InChI is InChI=1S/2C60H39N3/c1-4-16-40(17-5-1)42-20-14-24-47(34-42)62-56-29-13-10-26-49(56)51-36-44(30-32-57(51)62)45-31-33-58-52(37-45)54-39-59-53(50-27-11-12-28-55(50)61(59)46-22-8-3-9-23-46)38-60(54)63(58)48-25-15-21-43(35-48)41-18-6-2-7-19-41;1-4-16-40(17-5-1)42-20-14-24-47(34-42)62-56-29-13-10-26-49(56)51-36-44(30-32-57(51)62)45-31-33-58-52(37-45)54-38-53-50-27-11-12-28-55(50)61(46-22-8-3-9-23-46)59(53)39-60(54)63(58)48-25-15-21-43(35-48)41-18-6-2-7-19-41/h2*1-39H. The quantitative estimate of drug-likeness (QED) is 0.117. The molecule has 20 aromatic carbocycles. The fourth-order valence-corrected chi connectivity index (χ4v) is 20.3. The summed E-state index contributed by atoms with van der Waals surface area (Å²) in [5, 5.41) is 14.8. The van der Waals surface area contributed by atoms with Crippen LogP contribution in [0.15, 0.2) is 473 Å². The molecule has 0 aliphatic rings. The van der Waals surface area contributed by atoms with E-state index >= 15 is 0 Å². The first-order valence-electron chi connectivity index (χ1n) is 43.3. The first-order valence-corrected chi connectivity index (χ1v) is 43.3. The van der Waals surface area contributed by atoms with Crippen LogP contribution in [0, 0.1) is 0 Å². The molecule has 0 radical (unpaired) electrons. The van der Waals surface area contributed by atoms with Crippen LogP contribution in [0.25, 0.3) is 232 Å². The summed E-state index contributed by atoms with van der Waals surface area (Å²) in [7, 11) is 0. The van der Waals surface area contributed by atoms with Gasteiger partial charge in [-0.1, -0.05) is 303 Å². The highest BCUT2D eigenvalue weighted by molar-refractivity contribution is 6.22. The van der Waals surface area contributed by atoms with Crippen molar-refractivity contribution in [3.05, 3.63) is 473 Å². The van der Waals surface area contributed by atoms with Crippen LogP contribution in [0.2, 0.25) is 0 Å². The van der Waals surface area contributed by atoms with E-state index in [0.29, 0.717) is 0 Å². The molecule has 0 amide bonds. The highest BCUT2D eigenvalue weighted by Gasteiger charge is 2.25. The van der Waals surface area contributed by atoms with Crippen LogP contribution >= 0.6 is 0 Å². The molecule has 0 unspecified atom stereocenters. The summed E-state index contributed by atoms with van der Waals surface area (Å²) in [6.07, 6.45) is 0. The molecule has 6 heterocycles. The van der Waals surface area contributed by atoms with Gasteiger partial charge in [0.05, 0.1) is 66.2 Å². The van der Waals surface area contributed by atoms with Gasteiger partial charge in [-0.25, -0.2) is 0 Å². The summed E-state index contributed by atoms with van der Waals surface area (Å²) in [6, 6.07) is 173. The molecule has 126 heavy (non-hydrogen) atoms. The summed E-state index contributed by atoms with van der Waals surface area (Å²) in [5.41, 5.74) is 35.6. The van der Waals surface area contributed by atoms with E-state index in [1.54, 1.807) is 0 Å². The first-order chi connectivity index (χ1) is 62.5. The molecule has 0 aliphatic carbocycles. The Labute approximate surface area is 727 Å². The van der Waals surface area contributed by atoms with Gasteiger partial charge in [-0.2, -0.15) is 0 Å². The number of rotatable bonds is 12. The SMILES string of the molecule is c1ccc(-c2cccc(-n3c4ccccc4c4cc(-c5ccc6c(c5)c5cc7c(cc5n6-c5cccc(-c6ccccc6)c5)c5ccccc5n7-c5ccccc5)ccc43)c2)cc1.c1ccc(-c2cccc(-n3c4ccccc4c4cc(-c5ccc6c(c5)c5cc7c8ccccc8n(-c8ccccc8)c7cc5n6-c5cccc(-c6ccccc6)c5)ccc43)c2)cc1. The van der Waals surface area contributed by atoms with Gasteiger partial charge >= 0.3 is 0 Å². The minimum Gasteiger partial charge on any atom is -0.309 e. The van der Waals surface area contributed by atoms with Gasteiger partial charge in [0.15, 0.2) is 0 Å². The highest BCUT2D eigenvalue weighted by Crippen LogP contribution is 2.47. The van der Waals surface area contributed by atoms with E-state index in [1.165, 1.54) is 198 Å². The van der Waals surface area contributed by atoms with Crippen LogP contribution in [0.4, 0.5) is 0 Å². The second kappa shape index (κ2) is 29.5. The van der Waals surface area contributed by atoms with Crippen LogP contribution in [0.1, 0.15) is 0 Å². The highest BCUT2D eigenvalue weighted by atomic mass is 15.0. The monoisotopic (exact) mass is 1600 g/mol. The van der Waals surface area contributed by atoms with E-state index in [2.05, 4.69) is 501 Å². The van der Waals surface area contributed by atoms with Crippen molar-refractivity contribution in [2.45, 2.75) is 0 Å². The summed E-state index contributed by atoms with van der Waals surface area (Å²) in [6.45, 7) is 0. The maximum absolute atomic E-state index is 2.47. The molecular formula is C120H78N6. The Morgan fingerprint density at radius 1 is 0.0873 bits per heavy atom. The van der Waals surface area contributed by atoms with Gasteiger partial charge in [0.2, 0.25) is 0 Å². The predicted molar refractivity (Wildman–Crippen MR) is 532 cm³/mol. The zero-order valence-corrected chi connectivity index (χ0v) is 68.7. The molecule has 0 spiro atoms. The van der Waals surface area contributed by atoms with Crippen LogP contribution in [0.3, 0.4) is 0 Å². The third kappa shape index (κ3) is 11.9. The molecule has 26 rings (SSSR count). The summed E-state index contributed by atoms with van der Waals surface area (Å²) in [4.78, 5) is 0. The number of hydrogen-bond acceptors (Lipinski definition) is 0. The van der Waals surface area contributed by atoms with Crippen LogP contribution in [-0.4, -0.2) is 27.4 Å². The first kappa shape index (κ1) is 72.1. The van der Waals surface area contributed by atoms with Crippen LogP contribution in [-0.2, 0) is 0 Å². The maximum Gasteiger partial charge on any atom is 0.0562 e. The number of benzene rings is 20. The second-order valence-corrected chi connectivity index (χ2v) is 33.1. The lowest BCUT2D eigenvalue weighted by Gasteiger charge is -2.12. The largest absolute Gasteiger partial charge is 0.309 e. The van der Waals surface area contributed by atoms with Crippen molar-refractivity contribution >= 4 is 131 Å². The Morgan fingerprint density at radius 3 is 0.571 bits per heavy atom. The van der Waals surface area contributed by atoms with Gasteiger partial charge in [0.1, 0.15) is 0 Å². The van der Waals surface area contributed by atoms with E-state index < -0.39 is 0 Å². The zero-order valence-electron chi connectivity index (χ0n) is 68.7. The fraction of sp³-hybridized carbons (Fsp3) is 0. The zero-order chi connectivity index (χ0) is 82.9. The molecular weight excluding hydrogens is 1530 g/mol. The normalized spacial score (nSPS) is 11.8. The van der Waals surface area contributed by atoms with E-state index in [0.717, 1.165) is 34.1 Å². The van der Waals surface area contributed by atoms with E-state index in [-0.39, 0.29) is 0 Å². The van der Waals surface area contributed by atoms with Crippen LogP contribution in [0.5, 0.6) is 0 Å². The molecule has 0 atom stereocenters. The Balaban J connectivity index is 0.000000137. The third-order valence-electron chi connectivity index (χ3n) is 26.0. The molecule has 588 valence electrons. The number of nitrogens with zero attached hydrogens (tertiary/aromatic N) is 6. The molecule has 0 saturated heterocycles. The van der Waals surface area contributed by atoms with Crippen molar-refractivity contribution in [2.24, 2.45) is 0 Å². The van der Waals surface area contributed by atoms with Gasteiger partial charge in [0, 0.05) is 98.8 Å². The predicted octanol–water partition coefficient (Wildman–Crippen LogP) is 32.0. The van der Waals surface area contributed by atoms with Crippen molar-refractivity contribution in [1.29, 1.82) is 0 Å². The topological polar surface area (TPSA) is 29.6 Å². The Kier molecular flexibility index (Phi) is 16.9. The van der Waals surface area contributed by atoms with E-state index in [1.807, 2.05) is 0 Å². The number of fused-ring (bicyclic) bond motifs is 18.